The summed E-state index contributed by atoms with van der Waals surface area (Å²) in [5, 5.41) is 5.74. The molecule has 11 nitrogen and oxygen atoms in total. The molecule has 1 unspecified atom stereocenters. The summed E-state index contributed by atoms with van der Waals surface area (Å²) in [4.78, 5) is 53.1. The zero-order valence-electron chi connectivity index (χ0n) is 41.2. The lowest BCUT2D eigenvalue weighted by molar-refractivity contribution is -0.159. The maximum Gasteiger partial charge on any atom is 0.508 e. The van der Waals surface area contributed by atoms with Crippen molar-refractivity contribution < 1.29 is 38.1 Å². The van der Waals surface area contributed by atoms with Gasteiger partial charge in [0.1, 0.15) is 19.1 Å². The highest BCUT2D eigenvalue weighted by Gasteiger charge is 2.21. The molecule has 0 spiro atoms. The second kappa shape index (κ2) is 46.4. The molecule has 0 aliphatic carbocycles. The zero-order valence-corrected chi connectivity index (χ0v) is 41.2. The number of ether oxygens (including phenoxy) is 4. The van der Waals surface area contributed by atoms with E-state index in [0.717, 1.165) is 71.0 Å². The number of esters is 2. The summed E-state index contributed by atoms with van der Waals surface area (Å²) in [7, 11) is 0. The Labute approximate surface area is 381 Å². The van der Waals surface area contributed by atoms with Crippen LogP contribution in [0.4, 0.5) is 9.59 Å². The molecule has 0 rings (SSSR count). The van der Waals surface area contributed by atoms with Crippen LogP contribution in [0.2, 0.25) is 0 Å². The molecule has 0 aliphatic rings. The summed E-state index contributed by atoms with van der Waals surface area (Å²) >= 11 is 0. The van der Waals surface area contributed by atoms with E-state index < -0.39 is 30.4 Å². The van der Waals surface area contributed by atoms with Gasteiger partial charge in [0.15, 0.2) is 0 Å². The summed E-state index contributed by atoms with van der Waals surface area (Å²) < 4.78 is 22.0. The first-order valence-corrected chi connectivity index (χ1v) is 26.2. The van der Waals surface area contributed by atoms with Crippen LogP contribution in [-0.2, 0) is 28.5 Å². The van der Waals surface area contributed by atoms with Gasteiger partial charge in [-0.15, -0.1) is 0 Å². The van der Waals surface area contributed by atoms with E-state index >= 15 is 0 Å². The summed E-state index contributed by atoms with van der Waals surface area (Å²) in [5.41, 5.74) is 0. The molecule has 0 saturated carbocycles. The molecule has 2 amide bonds. The highest BCUT2D eigenvalue weighted by molar-refractivity contribution is 5.91. The average molecular weight is 882 g/mol. The van der Waals surface area contributed by atoms with Gasteiger partial charge in [-0.1, -0.05) is 195 Å². The van der Waals surface area contributed by atoms with Gasteiger partial charge in [-0.3, -0.25) is 9.59 Å². The molecular weight excluding hydrogens is 783 g/mol. The third kappa shape index (κ3) is 41.5. The fraction of sp³-hybridized carbons (Fsp3) is 0.922. The van der Waals surface area contributed by atoms with Crippen molar-refractivity contribution in [2.24, 2.45) is 5.92 Å². The van der Waals surface area contributed by atoms with Gasteiger partial charge in [0, 0.05) is 25.6 Å². The fourth-order valence-electron chi connectivity index (χ4n) is 7.73. The number of hydrogen-bond acceptors (Lipinski definition) is 9. The number of rotatable bonds is 46. The molecule has 0 aromatic carbocycles. The molecule has 62 heavy (non-hydrogen) atoms. The van der Waals surface area contributed by atoms with Crippen molar-refractivity contribution in [2.45, 2.75) is 246 Å². The van der Waals surface area contributed by atoms with Gasteiger partial charge < -0.3 is 34.5 Å². The Morgan fingerprint density at radius 1 is 0.468 bits per heavy atom. The Balaban J connectivity index is 4.75. The number of urea groups is 1. The fourth-order valence-corrected chi connectivity index (χ4v) is 7.73. The van der Waals surface area contributed by atoms with Crippen molar-refractivity contribution in [3.63, 3.8) is 0 Å². The highest BCUT2D eigenvalue weighted by atomic mass is 16.7. The minimum absolute atomic E-state index is 0.107. The first-order chi connectivity index (χ1) is 30.3. The van der Waals surface area contributed by atoms with E-state index in [2.05, 4.69) is 50.2 Å². The van der Waals surface area contributed by atoms with Crippen LogP contribution in [0, 0.1) is 5.92 Å². The van der Waals surface area contributed by atoms with Gasteiger partial charge in [-0.2, -0.15) is 0 Å². The Kier molecular flexibility index (Phi) is 44.5. The predicted molar refractivity (Wildman–Crippen MR) is 256 cm³/mol. The van der Waals surface area contributed by atoms with Crippen LogP contribution in [-0.4, -0.2) is 87.7 Å². The molecule has 0 aromatic rings. The van der Waals surface area contributed by atoms with Crippen LogP contribution in [0.3, 0.4) is 0 Å². The van der Waals surface area contributed by atoms with Crippen molar-refractivity contribution in [3.8, 4) is 0 Å². The minimum atomic E-state index is -0.806. The molecule has 2 N–H and O–H groups in total. The number of carbonyl (C=O) groups excluding carboxylic acids is 4. The SMILES string of the molecule is CCCCCCCCCCCCCCCCCCNC(=O)NCC(COC(=O)CC(=O)OC(CCCCCCCC)CCCCCCCC)COC(=O)OCCCN(CC)CC. The molecular formula is C51H99N3O8. The molecule has 0 heterocycles. The van der Waals surface area contributed by atoms with Gasteiger partial charge in [0.05, 0.1) is 13.2 Å². The van der Waals surface area contributed by atoms with E-state index in [1.54, 1.807) is 0 Å². The lowest BCUT2D eigenvalue weighted by Gasteiger charge is -2.20. The normalized spacial score (nSPS) is 11.8. The lowest BCUT2D eigenvalue weighted by Crippen LogP contribution is -2.41. The largest absolute Gasteiger partial charge is 0.508 e. The van der Waals surface area contributed by atoms with Gasteiger partial charge in [0.2, 0.25) is 0 Å². The Hall–Kier alpha value is -2.56. The van der Waals surface area contributed by atoms with E-state index in [1.807, 2.05) is 0 Å². The summed E-state index contributed by atoms with van der Waals surface area (Å²) in [6.45, 7) is 14.2. The standard InChI is InChI=1S/C51H99N3O8/c1-6-11-14-17-20-21-22-23-24-25-26-27-28-29-32-35-39-52-50(57)53-43-46(45-61-51(58)59-41-36-40-54(9-4)10-5)44-60-48(55)42-49(56)62-47(37-33-30-18-15-12-7-2)38-34-31-19-16-13-8-3/h46-47H,6-45H2,1-5H3,(H2,52,53,57). The number of nitrogens with zero attached hydrogens (tertiary/aromatic N) is 1. The molecule has 11 heteroatoms. The van der Waals surface area contributed by atoms with Crippen LogP contribution in [0.25, 0.3) is 0 Å². The summed E-state index contributed by atoms with van der Waals surface area (Å²) in [6.07, 6.45) is 35.5. The number of amides is 2. The molecule has 0 aliphatic heterocycles. The smallest absolute Gasteiger partial charge is 0.465 e. The number of carbonyl (C=O) groups is 4. The summed E-state index contributed by atoms with van der Waals surface area (Å²) in [5.74, 6) is -1.82. The maximum absolute atomic E-state index is 12.9. The number of nitrogens with one attached hydrogen (secondary N) is 2. The highest BCUT2D eigenvalue weighted by Crippen LogP contribution is 2.18. The minimum Gasteiger partial charge on any atom is -0.465 e. The third-order valence-corrected chi connectivity index (χ3v) is 11.9. The van der Waals surface area contributed by atoms with Crippen molar-refractivity contribution in [2.75, 3.05) is 52.5 Å². The van der Waals surface area contributed by atoms with Crippen LogP contribution < -0.4 is 10.6 Å². The molecule has 0 saturated heterocycles. The number of hydrogen-bond donors (Lipinski definition) is 2. The van der Waals surface area contributed by atoms with Crippen molar-refractivity contribution >= 4 is 24.1 Å². The zero-order chi connectivity index (χ0) is 45.6. The van der Waals surface area contributed by atoms with Crippen LogP contribution in [0.1, 0.15) is 240 Å². The second-order valence-corrected chi connectivity index (χ2v) is 17.7. The monoisotopic (exact) mass is 882 g/mol. The Morgan fingerprint density at radius 2 is 0.903 bits per heavy atom. The van der Waals surface area contributed by atoms with Crippen molar-refractivity contribution in [3.05, 3.63) is 0 Å². The van der Waals surface area contributed by atoms with E-state index in [0.29, 0.717) is 13.0 Å². The maximum atomic E-state index is 12.9. The third-order valence-electron chi connectivity index (χ3n) is 11.9. The first-order valence-electron chi connectivity index (χ1n) is 26.2. The van der Waals surface area contributed by atoms with Gasteiger partial charge in [0.25, 0.3) is 0 Å². The topological polar surface area (TPSA) is 132 Å². The van der Waals surface area contributed by atoms with E-state index in [9.17, 15) is 19.2 Å². The van der Waals surface area contributed by atoms with E-state index in [4.69, 9.17) is 18.9 Å². The Bertz CT molecular complexity index is 1010. The second-order valence-electron chi connectivity index (χ2n) is 17.7. The first kappa shape index (κ1) is 59.4. The van der Waals surface area contributed by atoms with Crippen molar-refractivity contribution in [1.82, 2.24) is 15.5 Å². The van der Waals surface area contributed by atoms with E-state index in [1.165, 1.54) is 141 Å². The Morgan fingerprint density at radius 3 is 1.37 bits per heavy atom. The van der Waals surface area contributed by atoms with Gasteiger partial charge in [-0.05, 0) is 51.6 Å². The average Bonchev–Trinajstić information content (AvgIpc) is 3.26. The number of unbranched alkanes of at least 4 members (excludes halogenated alkanes) is 25. The molecule has 0 radical (unpaired) electrons. The quantitative estimate of drug-likeness (QED) is 0.0265. The molecule has 0 bridgehead atoms. The lowest BCUT2D eigenvalue weighted by atomic mass is 10.0. The molecule has 0 aromatic heterocycles. The van der Waals surface area contributed by atoms with Crippen LogP contribution in [0.15, 0.2) is 0 Å². The summed E-state index contributed by atoms with van der Waals surface area (Å²) in [6, 6.07) is -0.327. The van der Waals surface area contributed by atoms with Crippen molar-refractivity contribution in [1.29, 1.82) is 0 Å². The predicted octanol–water partition coefficient (Wildman–Crippen LogP) is 13.4. The molecule has 366 valence electrons. The van der Waals surface area contributed by atoms with E-state index in [-0.39, 0.29) is 38.5 Å². The van der Waals surface area contributed by atoms with Gasteiger partial charge >= 0.3 is 24.1 Å². The van der Waals surface area contributed by atoms with Crippen LogP contribution >= 0.6 is 0 Å². The van der Waals surface area contributed by atoms with Crippen LogP contribution in [0.5, 0.6) is 0 Å². The molecule has 1 atom stereocenters. The van der Waals surface area contributed by atoms with Gasteiger partial charge in [-0.25, -0.2) is 9.59 Å². The molecule has 0 fully saturated rings.